The second-order valence-corrected chi connectivity index (χ2v) is 4.84. The first-order valence-corrected chi connectivity index (χ1v) is 6.67. The Morgan fingerprint density at radius 1 is 1.39 bits per heavy atom. The van der Waals surface area contributed by atoms with Crippen molar-refractivity contribution in [2.24, 2.45) is 0 Å². The molecule has 0 spiro atoms. The normalized spacial score (nSPS) is 20.4. The Hall–Kier alpha value is -1.26. The molecule has 0 saturated carbocycles. The van der Waals surface area contributed by atoms with Crippen LogP contribution < -0.4 is 5.32 Å². The maximum Gasteiger partial charge on any atom is 0.161 e. The second kappa shape index (κ2) is 6.07. The maximum atomic E-state index is 9.69. The van der Waals surface area contributed by atoms with Crippen molar-refractivity contribution < 1.29 is 10.2 Å². The number of hydrogen-bond donors (Lipinski definition) is 3. The van der Waals surface area contributed by atoms with E-state index in [0.717, 1.165) is 18.7 Å². The average molecular weight is 250 g/mol. The van der Waals surface area contributed by atoms with Crippen molar-refractivity contribution in [1.82, 2.24) is 10.2 Å². The molecule has 4 nitrogen and oxygen atoms in total. The number of likely N-dealkylation sites (N-methyl/N-ethyl adjacent to an activating group) is 1. The molecule has 1 saturated heterocycles. The van der Waals surface area contributed by atoms with Gasteiger partial charge < -0.3 is 15.5 Å². The number of para-hydroxylation sites is 1. The summed E-state index contributed by atoms with van der Waals surface area (Å²) in [5.41, 5.74) is 0.746. The van der Waals surface area contributed by atoms with Gasteiger partial charge in [0.05, 0.1) is 0 Å². The summed E-state index contributed by atoms with van der Waals surface area (Å²) in [5, 5.41) is 22.5. The van der Waals surface area contributed by atoms with Crippen molar-refractivity contribution in [3.8, 4) is 11.5 Å². The molecule has 2 rings (SSSR count). The number of nitrogens with zero attached hydrogens (tertiary/aromatic N) is 1. The molecule has 1 heterocycles. The Bertz CT molecular complexity index is 395. The summed E-state index contributed by atoms with van der Waals surface area (Å²) < 4.78 is 0. The van der Waals surface area contributed by atoms with Crippen LogP contribution in [0.2, 0.25) is 0 Å². The zero-order chi connectivity index (χ0) is 13.0. The summed E-state index contributed by atoms with van der Waals surface area (Å²) in [4.78, 5) is 2.48. The van der Waals surface area contributed by atoms with E-state index in [0.29, 0.717) is 12.6 Å². The zero-order valence-electron chi connectivity index (χ0n) is 10.9. The second-order valence-electron chi connectivity index (χ2n) is 4.84. The highest BCUT2D eigenvalue weighted by molar-refractivity contribution is 5.44. The lowest BCUT2D eigenvalue weighted by atomic mass is 10.1. The maximum absolute atomic E-state index is 9.69. The molecular weight excluding hydrogens is 228 g/mol. The fourth-order valence-corrected chi connectivity index (χ4v) is 2.64. The lowest BCUT2D eigenvalue weighted by Crippen LogP contribution is -2.37. The molecule has 1 aliphatic rings. The van der Waals surface area contributed by atoms with Gasteiger partial charge in [-0.3, -0.25) is 4.90 Å². The Labute approximate surface area is 108 Å². The first-order chi connectivity index (χ1) is 8.72. The Kier molecular flexibility index (Phi) is 4.44. The van der Waals surface area contributed by atoms with E-state index in [-0.39, 0.29) is 11.5 Å². The van der Waals surface area contributed by atoms with Crippen LogP contribution >= 0.6 is 0 Å². The molecule has 3 N–H and O–H groups in total. The van der Waals surface area contributed by atoms with Crippen molar-refractivity contribution in [1.29, 1.82) is 0 Å². The van der Waals surface area contributed by atoms with Crippen LogP contribution in [0.15, 0.2) is 18.2 Å². The fraction of sp³-hybridized carbons (Fsp3) is 0.571. The highest BCUT2D eigenvalue weighted by Gasteiger charge is 2.22. The van der Waals surface area contributed by atoms with E-state index >= 15 is 0 Å². The molecule has 1 aromatic carbocycles. The van der Waals surface area contributed by atoms with Gasteiger partial charge in [0.2, 0.25) is 0 Å². The Morgan fingerprint density at radius 3 is 3.00 bits per heavy atom. The van der Waals surface area contributed by atoms with E-state index in [2.05, 4.69) is 17.1 Å². The summed E-state index contributed by atoms with van der Waals surface area (Å²) in [7, 11) is 0. The lowest BCUT2D eigenvalue weighted by Gasteiger charge is -2.23. The lowest BCUT2D eigenvalue weighted by molar-refractivity contribution is 0.259. The number of rotatable bonds is 5. The van der Waals surface area contributed by atoms with Gasteiger partial charge in [-0.25, -0.2) is 0 Å². The first-order valence-electron chi connectivity index (χ1n) is 6.67. The quantitative estimate of drug-likeness (QED) is 0.696. The number of likely N-dealkylation sites (tertiary alicyclic amines) is 1. The summed E-state index contributed by atoms with van der Waals surface area (Å²) in [6.45, 7) is 6.01. The van der Waals surface area contributed by atoms with Gasteiger partial charge in [-0.1, -0.05) is 19.1 Å². The van der Waals surface area contributed by atoms with E-state index < -0.39 is 0 Å². The smallest absolute Gasteiger partial charge is 0.161 e. The fourth-order valence-electron chi connectivity index (χ4n) is 2.64. The summed E-state index contributed by atoms with van der Waals surface area (Å²) in [6.07, 6.45) is 2.52. The van der Waals surface area contributed by atoms with Crippen LogP contribution in [-0.4, -0.2) is 40.8 Å². The molecule has 0 aromatic heterocycles. The van der Waals surface area contributed by atoms with Gasteiger partial charge in [0, 0.05) is 24.7 Å². The number of benzene rings is 1. The predicted molar refractivity (Wildman–Crippen MR) is 71.7 cm³/mol. The summed E-state index contributed by atoms with van der Waals surface area (Å²) in [5.74, 6) is -0.0610. The highest BCUT2D eigenvalue weighted by Crippen LogP contribution is 2.28. The minimum atomic E-state index is -0.0506. The van der Waals surface area contributed by atoms with Crippen molar-refractivity contribution in [2.45, 2.75) is 32.4 Å². The molecule has 0 amide bonds. The molecule has 1 aliphatic heterocycles. The molecular formula is C14H22N2O2. The molecule has 18 heavy (non-hydrogen) atoms. The largest absolute Gasteiger partial charge is 0.504 e. The van der Waals surface area contributed by atoms with Crippen LogP contribution in [0.1, 0.15) is 25.3 Å². The van der Waals surface area contributed by atoms with Gasteiger partial charge >= 0.3 is 0 Å². The van der Waals surface area contributed by atoms with Crippen LogP contribution in [0.25, 0.3) is 0 Å². The van der Waals surface area contributed by atoms with Crippen LogP contribution in [-0.2, 0) is 6.54 Å². The third kappa shape index (κ3) is 2.94. The van der Waals surface area contributed by atoms with Crippen molar-refractivity contribution in [2.75, 3.05) is 19.6 Å². The molecule has 1 fully saturated rings. The highest BCUT2D eigenvalue weighted by atomic mass is 16.3. The monoisotopic (exact) mass is 250 g/mol. The third-order valence-electron chi connectivity index (χ3n) is 3.70. The number of phenols is 2. The topological polar surface area (TPSA) is 55.7 Å². The van der Waals surface area contributed by atoms with Gasteiger partial charge in [-0.15, -0.1) is 0 Å². The molecule has 1 unspecified atom stereocenters. The summed E-state index contributed by atoms with van der Waals surface area (Å²) >= 11 is 0. The minimum absolute atomic E-state index is 0.0104. The molecule has 4 heteroatoms. The van der Waals surface area contributed by atoms with Crippen LogP contribution in [0.4, 0.5) is 0 Å². The minimum Gasteiger partial charge on any atom is -0.504 e. The Balaban J connectivity index is 1.83. The van der Waals surface area contributed by atoms with E-state index in [1.807, 2.05) is 6.07 Å². The van der Waals surface area contributed by atoms with Gasteiger partial charge in [-0.2, -0.15) is 0 Å². The van der Waals surface area contributed by atoms with Crippen LogP contribution in [0.3, 0.4) is 0 Å². The van der Waals surface area contributed by atoms with Crippen molar-refractivity contribution in [3.05, 3.63) is 23.8 Å². The van der Waals surface area contributed by atoms with E-state index in [1.165, 1.54) is 25.5 Å². The molecule has 0 bridgehead atoms. The van der Waals surface area contributed by atoms with Crippen molar-refractivity contribution in [3.63, 3.8) is 0 Å². The van der Waals surface area contributed by atoms with Crippen molar-refractivity contribution >= 4 is 0 Å². The number of hydrogen-bond acceptors (Lipinski definition) is 4. The molecule has 1 atom stereocenters. The predicted octanol–water partition coefficient (Wildman–Crippen LogP) is 1.67. The zero-order valence-corrected chi connectivity index (χ0v) is 10.9. The third-order valence-corrected chi connectivity index (χ3v) is 3.70. The molecule has 1 aromatic rings. The number of phenolic OH excluding ortho intramolecular Hbond substituents is 2. The van der Waals surface area contributed by atoms with Gasteiger partial charge in [0.25, 0.3) is 0 Å². The molecule has 100 valence electrons. The SMILES string of the molecule is CCN1CCCC1CNCc1cccc(O)c1O. The number of nitrogens with one attached hydrogen (secondary N) is 1. The van der Waals surface area contributed by atoms with E-state index in [9.17, 15) is 10.2 Å². The molecule has 0 aliphatic carbocycles. The van der Waals surface area contributed by atoms with Gasteiger partial charge in [0.15, 0.2) is 11.5 Å². The molecule has 0 radical (unpaired) electrons. The number of aromatic hydroxyl groups is 2. The standard InChI is InChI=1S/C14H22N2O2/c1-2-16-8-4-6-12(16)10-15-9-11-5-3-7-13(17)14(11)18/h3,5,7,12,15,17-18H,2,4,6,8-10H2,1H3. The van der Waals surface area contributed by atoms with E-state index in [1.54, 1.807) is 6.07 Å². The average Bonchev–Trinajstić information content (AvgIpc) is 2.82. The van der Waals surface area contributed by atoms with Crippen LogP contribution in [0.5, 0.6) is 11.5 Å². The van der Waals surface area contributed by atoms with E-state index in [4.69, 9.17) is 0 Å². The summed E-state index contributed by atoms with van der Waals surface area (Å²) in [6, 6.07) is 5.68. The Morgan fingerprint density at radius 2 is 2.22 bits per heavy atom. The van der Waals surface area contributed by atoms with Gasteiger partial charge in [0.1, 0.15) is 0 Å². The first kappa shape index (κ1) is 13.2. The van der Waals surface area contributed by atoms with Crippen LogP contribution in [0, 0.1) is 0 Å². The van der Waals surface area contributed by atoms with Gasteiger partial charge in [-0.05, 0) is 32.0 Å².